The number of aromatic nitrogens is 2. The van der Waals surface area contributed by atoms with Crippen molar-refractivity contribution >= 4 is 5.91 Å². The fraction of sp³-hybridized carbons (Fsp3) is 0.500. The number of hydrogen-bond acceptors (Lipinski definition) is 3. The van der Waals surface area contributed by atoms with Gasteiger partial charge in [0.25, 0.3) is 0 Å². The molecule has 2 aromatic rings. The number of likely N-dealkylation sites (tertiary alicyclic amines) is 1. The molecule has 2 aliphatic heterocycles. The fourth-order valence-electron chi connectivity index (χ4n) is 4.07. The molecule has 1 fully saturated rings. The molecule has 0 bridgehead atoms. The Labute approximate surface area is 149 Å². The SMILES string of the molecule is Cc1ccccc1CN1Cc2ccnn2[C@@H](CCN2CCCC2=O)C1. The summed E-state index contributed by atoms with van der Waals surface area (Å²) < 4.78 is 2.18. The number of nitrogens with zero attached hydrogens (tertiary/aromatic N) is 4. The molecule has 0 spiro atoms. The molecule has 0 aliphatic carbocycles. The van der Waals surface area contributed by atoms with E-state index in [-0.39, 0.29) is 0 Å². The predicted octanol–water partition coefficient (Wildman–Crippen LogP) is 2.76. The molecule has 132 valence electrons. The van der Waals surface area contributed by atoms with Gasteiger partial charge in [0, 0.05) is 45.3 Å². The lowest BCUT2D eigenvalue weighted by molar-refractivity contribution is -0.127. The minimum Gasteiger partial charge on any atom is -0.343 e. The van der Waals surface area contributed by atoms with Gasteiger partial charge < -0.3 is 4.90 Å². The van der Waals surface area contributed by atoms with E-state index in [0.717, 1.165) is 52.0 Å². The van der Waals surface area contributed by atoms with Crippen LogP contribution in [0.15, 0.2) is 36.5 Å². The average molecular weight is 338 g/mol. The Morgan fingerprint density at radius 1 is 1.24 bits per heavy atom. The second kappa shape index (κ2) is 7.00. The first kappa shape index (κ1) is 16.3. The molecule has 1 saturated heterocycles. The van der Waals surface area contributed by atoms with Gasteiger partial charge in [0.15, 0.2) is 0 Å². The predicted molar refractivity (Wildman–Crippen MR) is 97.0 cm³/mol. The summed E-state index contributed by atoms with van der Waals surface area (Å²) in [6.07, 6.45) is 4.61. The smallest absolute Gasteiger partial charge is 0.222 e. The largest absolute Gasteiger partial charge is 0.343 e. The van der Waals surface area contributed by atoms with Crippen LogP contribution in [-0.2, 0) is 17.9 Å². The van der Waals surface area contributed by atoms with Crippen LogP contribution in [0, 0.1) is 6.92 Å². The van der Waals surface area contributed by atoms with Crippen molar-refractivity contribution in [1.82, 2.24) is 19.6 Å². The zero-order valence-electron chi connectivity index (χ0n) is 14.9. The first-order chi connectivity index (χ1) is 12.2. The zero-order chi connectivity index (χ0) is 17.2. The van der Waals surface area contributed by atoms with Crippen LogP contribution >= 0.6 is 0 Å². The molecule has 1 aromatic heterocycles. The number of amides is 1. The number of carbonyl (C=O) groups is 1. The quantitative estimate of drug-likeness (QED) is 0.842. The van der Waals surface area contributed by atoms with E-state index < -0.39 is 0 Å². The van der Waals surface area contributed by atoms with E-state index in [9.17, 15) is 4.79 Å². The first-order valence-electron chi connectivity index (χ1n) is 9.28. The highest BCUT2D eigenvalue weighted by molar-refractivity contribution is 5.77. The van der Waals surface area contributed by atoms with E-state index in [1.165, 1.54) is 16.8 Å². The summed E-state index contributed by atoms with van der Waals surface area (Å²) in [5.41, 5.74) is 4.02. The first-order valence-corrected chi connectivity index (χ1v) is 9.28. The van der Waals surface area contributed by atoms with Gasteiger partial charge in [-0.3, -0.25) is 14.4 Å². The minimum absolute atomic E-state index is 0.313. The Hall–Kier alpha value is -2.14. The van der Waals surface area contributed by atoms with Crippen LogP contribution in [0.5, 0.6) is 0 Å². The fourth-order valence-corrected chi connectivity index (χ4v) is 4.07. The number of benzene rings is 1. The summed E-state index contributed by atoms with van der Waals surface area (Å²) in [4.78, 5) is 16.4. The van der Waals surface area contributed by atoms with Gasteiger partial charge in [-0.1, -0.05) is 24.3 Å². The van der Waals surface area contributed by atoms with Gasteiger partial charge in [-0.25, -0.2) is 0 Å². The summed E-state index contributed by atoms with van der Waals surface area (Å²) in [6, 6.07) is 11.1. The van der Waals surface area contributed by atoms with Crippen LogP contribution in [0.4, 0.5) is 0 Å². The van der Waals surface area contributed by atoms with Crippen molar-refractivity contribution < 1.29 is 4.79 Å². The molecule has 0 radical (unpaired) electrons. The van der Waals surface area contributed by atoms with Crippen LogP contribution in [0.25, 0.3) is 0 Å². The van der Waals surface area contributed by atoms with Crippen LogP contribution in [0.1, 0.15) is 42.1 Å². The maximum atomic E-state index is 11.9. The maximum absolute atomic E-state index is 11.9. The molecule has 0 N–H and O–H groups in total. The van der Waals surface area contributed by atoms with E-state index in [1.807, 2.05) is 11.1 Å². The Morgan fingerprint density at radius 3 is 2.92 bits per heavy atom. The Balaban J connectivity index is 1.46. The lowest BCUT2D eigenvalue weighted by Gasteiger charge is -2.35. The topological polar surface area (TPSA) is 41.4 Å². The number of rotatable bonds is 5. The number of hydrogen-bond donors (Lipinski definition) is 0. The molecular formula is C20H26N4O. The van der Waals surface area contributed by atoms with Gasteiger partial charge in [0.05, 0.1) is 11.7 Å². The standard InChI is InChI=1S/C20H26N4O/c1-16-5-2-3-6-17(16)13-22-14-18-8-10-21-24(18)19(15-22)9-12-23-11-4-7-20(23)25/h2-3,5-6,8,10,19H,4,7,9,11-15H2,1H3/t19-/m0/s1. The van der Waals surface area contributed by atoms with Gasteiger partial charge in [0.2, 0.25) is 5.91 Å². The van der Waals surface area contributed by atoms with Crippen molar-refractivity contribution in [2.24, 2.45) is 0 Å². The molecule has 4 rings (SSSR count). The average Bonchev–Trinajstić information content (AvgIpc) is 3.23. The summed E-state index contributed by atoms with van der Waals surface area (Å²) in [7, 11) is 0. The van der Waals surface area contributed by atoms with Crippen LogP contribution < -0.4 is 0 Å². The normalized spacial score (nSPS) is 20.9. The van der Waals surface area contributed by atoms with Gasteiger partial charge >= 0.3 is 0 Å². The highest BCUT2D eigenvalue weighted by Gasteiger charge is 2.27. The number of carbonyl (C=O) groups excluding carboxylic acids is 1. The third-order valence-electron chi connectivity index (χ3n) is 5.51. The third kappa shape index (κ3) is 3.47. The van der Waals surface area contributed by atoms with E-state index in [4.69, 9.17) is 0 Å². The molecule has 0 saturated carbocycles. The lowest BCUT2D eigenvalue weighted by atomic mass is 10.1. The summed E-state index contributed by atoms with van der Waals surface area (Å²) in [6.45, 7) is 6.85. The Morgan fingerprint density at radius 2 is 2.12 bits per heavy atom. The molecule has 1 aromatic carbocycles. The minimum atomic E-state index is 0.313. The van der Waals surface area contributed by atoms with E-state index in [2.05, 4.69) is 51.9 Å². The van der Waals surface area contributed by atoms with E-state index in [0.29, 0.717) is 11.9 Å². The lowest BCUT2D eigenvalue weighted by Crippen LogP contribution is -2.39. The third-order valence-corrected chi connectivity index (χ3v) is 5.51. The van der Waals surface area contributed by atoms with Crippen molar-refractivity contribution in [1.29, 1.82) is 0 Å². The zero-order valence-corrected chi connectivity index (χ0v) is 14.9. The number of fused-ring (bicyclic) bond motifs is 1. The van der Waals surface area contributed by atoms with Crippen molar-refractivity contribution in [3.05, 3.63) is 53.3 Å². The van der Waals surface area contributed by atoms with Gasteiger partial charge in [-0.05, 0) is 37.0 Å². The monoisotopic (exact) mass is 338 g/mol. The Bertz CT molecular complexity index is 754. The molecule has 0 unspecified atom stereocenters. The second-order valence-corrected chi connectivity index (χ2v) is 7.29. The second-order valence-electron chi connectivity index (χ2n) is 7.29. The van der Waals surface area contributed by atoms with Crippen molar-refractivity contribution in [3.8, 4) is 0 Å². The van der Waals surface area contributed by atoms with Crippen molar-refractivity contribution in [2.45, 2.75) is 45.3 Å². The Kier molecular flexibility index (Phi) is 4.57. The van der Waals surface area contributed by atoms with Gasteiger partial charge in [-0.15, -0.1) is 0 Å². The van der Waals surface area contributed by atoms with Crippen LogP contribution in [0.3, 0.4) is 0 Å². The molecular weight excluding hydrogens is 312 g/mol. The molecule has 5 nitrogen and oxygen atoms in total. The van der Waals surface area contributed by atoms with Crippen LogP contribution in [0.2, 0.25) is 0 Å². The molecule has 5 heteroatoms. The molecule has 2 aliphatic rings. The van der Waals surface area contributed by atoms with Gasteiger partial charge in [-0.2, -0.15) is 5.10 Å². The molecule has 3 heterocycles. The maximum Gasteiger partial charge on any atom is 0.222 e. The van der Waals surface area contributed by atoms with Crippen molar-refractivity contribution in [3.63, 3.8) is 0 Å². The molecule has 1 atom stereocenters. The summed E-state index contributed by atoms with van der Waals surface area (Å²) >= 11 is 0. The van der Waals surface area contributed by atoms with Crippen LogP contribution in [-0.4, -0.2) is 45.1 Å². The van der Waals surface area contributed by atoms with E-state index in [1.54, 1.807) is 0 Å². The molecule has 1 amide bonds. The molecule has 25 heavy (non-hydrogen) atoms. The summed E-state index contributed by atoms with van der Waals surface area (Å²) in [5, 5.41) is 4.55. The van der Waals surface area contributed by atoms with E-state index >= 15 is 0 Å². The van der Waals surface area contributed by atoms with Gasteiger partial charge in [0.1, 0.15) is 0 Å². The highest BCUT2D eigenvalue weighted by Crippen LogP contribution is 2.26. The highest BCUT2D eigenvalue weighted by atomic mass is 16.2. The van der Waals surface area contributed by atoms with Crippen molar-refractivity contribution in [2.75, 3.05) is 19.6 Å². The summed E-state index contributed by atoms with van der Waals surface area (Å²) in [5.74, 6) is 0.313. The number of aryl methyl sites for hydroxylation is 1.